The Bertz CT molecular complexity index is 1490. The van der Waals surface area contributed by atoms with Crippen LogP contribution >= 0.6 is 11.3 Å². The Kier molecular flexibility index (Phi) is 9.75. The number of piperazine rings is 1. The predicted octanol–water partition coefficient (Wildman–Crippen LogP) is 4.65. The molecule has 0 amide bonds. The van der Waals surface area contributed by atoms with Gasteiger partial charge in [0.2, 0.25) is 0 Å². The number of aromatic nitrogens is 4. The van der Waals surface area contributed by atoms with Crippen LogP contribution in [0.3, 0.4) is 0 Å². The largest absolute Gasteiger partial charge is 0.490 e. The van der Waals surface area contributed by atoms with Crippen LogP contribution in [0, 0.1) is 0 Å². The van der Waals surface area contributed by atoms with E-state index in [0.717, 1.165) is 54.3 Å². The number of anilines is 1. The summed E-state index contributed by atoms with van der Waals surface area (Å²) in [5.74, 6) is -4.45. The number of halogens is 6. The zero-order chi connectivity index (χ0) is 30.5. The maximum atomic E-state index is 10.6. The zero-order valence-corrected chi connectivity index (χ0v) is 22.4. The van der Waals surface area contributed by atoms with Crippen molar-refractivity contribution in [3.05, 3.63) is 36.1 Å². The third-order valence-corrected chi connectivity index (χ3v) is 6.90. The normalized spacial score (nSPS) is 14.3. The second-order valence-corrected chi connectivity index (χ2v) is 9.45. The molecule has 10 nitrogen and oxygen atoms in total. The van der Waals surface area contributed by atoms with Crippen LogP contribution in [0.15, 0.2) is 36.1 Å². The van der Waals surface area contributed by atoms with Gasteiger partial charge in [-0.3, -0.25) is 4.68 Å². The second-order valence-electron chi connectivity index (χ2n) is 8.60. The van der Waals surface area contributed by atoms with Crippen LogP contribution in [-0.2, 0) is 16.6 Å². The van der Waals surface area contributed by atoms with Crippen molar-refractivity contribution in [2.24, 2.45) is 7.05 Å². The number of likely N-dealkylation sites (N-methyl/N-ethyl adjacent to an activating group) is 1. The standard InChI is InChI=1S/C20H22N6S.2C2HF3O2/c1-3-25-6-8-26(9-7-25)19-18-16(12-27-20(18)22-13-21-19)14-4-5-15-11-23-24(2)17(15)10-14;2*3-2(4,5)1(6)7/h4-5,10-13H,3,6-9H2,1-2H3;2*(H,6,7). The average Bonchev–Trinajstić information content (AvgIpc) is 3.52. The summed E-state index contributed by atoms with van der Waals surface area (Å²) in [5, 5.41) is 23.2. The molecule has 0 spiro atoms. The van der Waals surface area contributed by atoms with Gasteiger partial charge in [-0.25, -0.2) is 19.6 Å². The Morgan fingerprint density at radius 2 is 1.56 bits per heavy atom. The Morgan fingerprint density at radius 1 is 0.976 bits per heavy atom. The zero-order valence-electron chi connectivity index (χ0n) is 21.6. The first-order valence-electron chi connectivity index (χ1n) is 11.8. The van der Waals surface area contributed by atoms with Crippen LogP contribution in [0.5, 0.6) is 0 Å². The number of alkyl halides is 6. The van der Waals surface area contributed by atoms with Crippen molar-refractivity contribution in [3.63, 3.8) is 0 Å². The molecule has 4 heterocycles. The fourth-order valence-electron chi connectivity index (χ4n) is 3.90. The first-order valence-corrected chi connectivity index (χ1v) is 12.7. The number of carboxylic acids is 2. The third kappa shape index (κ3) is 7.81. The molecule has 0 saturated carbocycles. The van der Waals surface area contributed by atoms with Crippen LogP contribution in [0.4, 0.5) is 32.2 Å². The fraction of sp³-hybridized carbons (Fsp3) is 0.375. The number of aryl methyl sites for hydroxylation is 1. The summed E-state index contributed by atoms with van der Waals surface area (Å²) >= 11 is 1.69. The number of thiophene rings is 1. The van der Waals surface area contributed by atoms with Crippen molar-refractivity contribution in [2.45, 2.75) is 19.3 Å². The number of nitrogens with zero attached hydrogens (tertiary/aromatic N) is 6. The summed E-state index contributed by atoms with van der Waals surface area (Å²) < 4.78 is 65.4. The number of carboxylic acid groups (broad SMARTS) is 2. The van der Waals surface area contributed by atoms with Gasteiger partial charge in [0.05, 0.1) is 17.1 Å². The minimum atomic E-state index is -5.08. The van der Waals surface area contributed by atoms with Gasteiger partial charge in [-0.15, -0.1) is 11.3 Å². The number of carbonyl (C=O) groups is 2. The average molecular weight is 607 g/mol. The van der Waals surface area contributed by atoms with E-state index >= 15 is 0 Å². The molecule has 17 heteroatoms. The maximum absolute atomic E-state index is 10.6. The first-order chi connectivity index (χ1) is 19.1. The molecule has 1 aliphatic rings. The molecule has 0 bridgehead atoms. The van der Waals surface area contributed by atoms with Gasteiger partial charge in [0.25, 0.3) is 0 Å². The van der Waals surface area contributed by atoms with Crippen molar-refractivity contribution in [1.82, 2.24) is 24.6 Å². The van der Waals surface area contributed by atoms with Gasteiger partial charge in [0, 0.05) is 49.6 Å². The molecule has 1 aliphatic heterocycles. The number of hydrogen-bond acceptors (Lipinski definition) is 8. The summed E-state index contributed by atoms with van der Waals surface area (Å²) in [6, 6.07) is 6.54. The van der Waals surface area contributed by atoms with Crippen LogP contribution in [0.1, 0.15) is 6.92 Å². The monoisotopic (exact) mass is 606 g/mol. The number of hydrogen-bond donors (Lipinski definition) is 2. The fourth-order valence-corrected chi connectivity index (χ4v) is 4.81. The number of benzene rings is 1. The van der Waals surface area contributed by atoms with E-state index in [1.165, 1.54) is 16.5 Å². The van der Waals surface area contributed by atoms with E-state index in [1.54, 1.807) is 17.7 Å². The van der Waals surface area contributed by atoms with Crippen molar-refractivity contribution in [3.8, 4) is 11.1 Å². The second kappa shape index (κ2) is 12.7. The topological polar surface area (TPSA) is 125 Å². The molecular formula is C24H24F6N6O4S. The molecule has 3 aromatic heterocycles. The highest BCUT2D eigenvalue weighted by atomic mass is 32.1. The molecule has 41 heavy (non-hydrogen) atoms. The molecule has 1 saturated heterocycles. The predicted molar refractivity (Wildman–Crippen MR) is 139 cm³/mol. The number of fused-ring (bicyclic) bond motifs is 2. The Balaban J connectivity index is 0.000000276. The molecule has 0 aliphatic carbocycles. The lowest BCUT2D eigenvalue weighted by Gasteiger charge is -2.35. The van der Waals surface area contributed by atoms with E-state index in [4.69, 9.17) is 24.8 Å². The van der Waals surface area contributed by atoms with E-state index in [2.05, 4.69) is 50.4 Å². The molecule has 1 fully saturated rings. The van der Waals surface area contributed by atoms with Crippen molar-refractivity contribution < 1.29 is 46.1 Å². The van der Waals surface area contributed by atoms with Crippen molar-refractivity contribution in [1.29, 1.82) is 0 Å². The first kappa shape index (κ1) is 31.5. The maximum Gasteiger partial charge on any atom is 0.490 e. The summed E-state index contributed by atoms with van der Waals surface area (Å²) in [7, 11) is 1.99. The van der Waals surface area contributed by atoms with Gasteiger partial charge in [0.1, 0.15) is 17.0 Å². The van der Waals surface area contributed by atoms with E-state index in [9.17, 15) is 26.3 Å². The highest BCUT2D eigenvalue weighted by molar-refractivity contribution is 7.17. The minimum Gasteiger partial charge on any atom is -0.475 e. The summed E-state index contributed by atoms with van der Waals surface area (Å²) in [6.07, 6.45) is -6.55. The SMILES string of the molecule is CCN1CCN(c2ncnc3scc(-c4ccc5cnn(C)c5c4)c23)CC1.O=C(O)C(F)(F)F.O=C(O)C(F)(F)F. The minimum absolute atomic E-state index is 1.01. The van der Waals surface area contributed by atoms with E-state index < -0.39 is 24.3 Å². The van der Waals surface area contributed by atoms with E-state index in [1.807, 2.05) is 17.9 Å². The Hall–Kier alpha value is -3.99. The Morgan fingerprint density at radius 3 is 2.10 bits per heavy atom. The number of rotatable bonds is 3. The molecule has 1 aromatic carbocycles. The van der Waals surface area contributed by atoms with Crippen molar-refractivity contribution >= 4 is 50.2 Å². The van der Waals surface area contributed by atoms with Gasteiger partial charge in [-0.05, 0) is 18.2 Å². The van der Waals surface area contributed by atoms with Crippen LogP contribution in [0.2, 0.25) is 0 Å². The molecule has 4 aromatic rings. The smallest absolute Gasteiger partial charge is 0.475 e. The van der Waals surface area contributed by atoms with Crippen LogP contribution in [-0.4, -0.2) is 91.9 Å². The molecule has 5 rings (SSSR count). The van der Waals surface area contributed by atoms with Gasteiger partial charge >= 0.3 is 24.3 Å². The Labute approximate surface area is 232 Å². The lowest BCUT2D eigenvalue weighted by atomic mass is 10.0. The van der Waals surface area contributed by atoms with E-state index in [0.29, 0.717) is 0 Å². The van der Waals surface area contributed by atoms with Crippen molar-refractivity contribution in [2.75, 3.05) is 37.6 Å². The molecule has 0 radical (unpaired) electrons. The third-order valence-electron chi connectivity index (χ3n) is 6.01. The molecular weight excluding hydrogens is 582 g/mol. The molecule has 222 valence electrons. The van der Waals surface area contributed by atoms with Gasteiger partial charge in [-0.1, -0.05) is 19.1 Å². The summed E-state index contributed by atoms with van der Waals surface area (Å²) in [4.78, 5) is 33.0. The highest BCUT2D eigenvalue weighted by Gasteiger charge is 2.38. The highest BCUT2D eigenvalue weighted by Crippen LogP contribution is 2.39. The van der Waals surface area contributed by atoms with Gasteiger partial charge < -0.3 is 20.0 Å². The quantitative estimate of drug-likeness (QED) is 0.321. The lowest BCUT2D eigenvalue weighted by molar-refractivity contribution is -0.193. The molecule has 0 unspecified atom stereocenters. The van der Waals surface area contributed by atoms with Gasteiger partial charge in [-0.2, -0.15) is 31.4 Å². The number of aliphatic carboxylic acids is 2. The van der Waals surface area contributed by atoms with Crippen LogP contribution < -0.4 is 4.90 Å². The summed E-state index contributed by atoms with van der Waals surface area (Å²) in [6.45, 7) is 7.53. The van der Waals surface area contributed by atoms with Gasteiger partial charge in [0.15, 0.2) is 0 Å². The molecule has 2 N–H and O–H groups in total. The molecule has 0 atom stereocenters. The lowest BCUT2D eigenvalue weighted by Crippen LogP contribution is -2.46. The van der Waals surface area contributed by atoms with Crippen LogP contribution in [0.25, 0.3) is 32.2 Å². The van der Waals surface area contributed by atoms with E-state index in [-0.39, 0.29) is 0 Å². The summed E-state index contributed by atoms with van der Waals surface area (Å²) in [5.41, 5.74) is 3.55.